The number of hydrogen-bond donors (Lipinski definition) is 1. The van der Waals surface area contributed by atoms with E-state index in [1.165, 1.54) is 24.2 Å². The Bertz CT molecular complexity index is 678. The third-order valence-electron chi connectivity index (χ3n) is 3.48. The Hall–Kier alpha value is -1.76. The van der Waals surface area contributed by atoms with E-state index in [-0.39, 0.29) is 11.4 Å². The van der Waals surface area contributed by atoms with Crippen molar-refractivity contribution < 1.29 is 4.79 Å². The van der Waals surface area contributed by atoms with Crippen molar-refractivity contribution in [3.05, 3.63) is 22.5 Å². The minimum atomic E-state index is -0.179. The van der Waals surface area contributed by atoms with E-state index in [1.807, 2.05) is 11.6 Å². The van der Waals surface area contributed by atoms with Crippen molar-refractivity contribution in [2.45, 2.75) is 52.0 Å². The molecule has 0 atom stereocenters. The average Bonchev–Trinajstić information content (AvgIpc) is 3.00. The molecule has 2 aromatic rings. The van der Waals surface area contributed by atoms with Crippen LogP contribution in [0.3, 0.4) is 0 Å². The predicted octanol–water partition coefficient (Wildman–Crippen LogP) is 2.93. The van der Waals surface area contributed by atoms with Crippen LogP contribution in [0.1, 0.15) is 60.6 Å². The Balaban J connectivity index is 1.77. The first-order valence-electron chi connectivity index (χ1n) is 7.06. The highest BCUT2D eigenvalue weighted by atomic mass is 32.1. The highest BCUT2D eigenvalue weighted by Gasteiger charge is 2.28. The van der Waals surface area contributed by atoms with E-state index < -0.39 is 0 Å². The maximum atomic E-state index is 12.3. The summed E-state index contributed by atoms with van der Waals surface area (Å²) in [7, 11) is 0. The molecule has 0 bridgehead atoms. The van der Waals surface area contributed by atoms with Gasteiger partial charge in [-0.25, -0.2) is 0 Å². The lowest BCUT2D eigenvalue weighted by molar-refractivity contribution is 0.102. The summed E-state index contributed by atoms with van der Waals surface area (Å²) in [5.74, 6) is 0.375. The van der Waals surface area contributed by atoms with Gasteiger partial charge in [0.15, 0.2) is 0 Å². The molecule has 6 nitrogen and oxygen atoms in total. The zero-order chi connectivity index (χ0) is 15.2. The fourth-order valence-electron chi connectivity index (χ4n) is 2.25. The zero-order valence-corrected chi connectivity index (χ0v) is 13.5. The van der Waals surface area contributed by atoms with E-state index >= 15 is 0 Å². The van der Waals surface area contributed by atoms with E-state index in [4.69, 9.17) is 0 Å². The molecule has 0 spiro atoms. The second kappa shape index (κ2) is 4.91. The lowest BCUT2D eigenvalue weighted by atomic mass is 10.1. The molecule has 112 valence electrons. The molecule has 0 aromatic carbocycles. The quantitative estimate of drug-likeness (QED) is 0.946. The number of nitrogens with zero attached hydrogens (tertiary/aromatic N) is 4. The highest BCUT2D eigenvalue weighted by Crippen LogP contribution is 2.42. The second-order valence-corrected chi connectivity index (χ2v) is 7.41. The Morgan fingerprint density at radius 2 is 2.10 bits per heavy atom. The van der Waals surface area contributed by atoms with Crippen LogP contribution in [0.4, 0.5) is 5.13 Å². The maximum Gasteiger partial charge on any atom is 0.260 e. The van der Waals surface area contributed by atoms with E-state index in [0.29, 0.717) is 16.6 Å². The van der Waals surface area contributed by atoms with Crippen molar-refractivity contribution in [3.63, 3.8) is 0 Å². The monoisotopic (exact) mass is 305 g/mol. The van der Waals surface area contributed by atoms with Crippen LogP contribution in [0, 0.1) is 6.92 Å². The van der Waals surface area contributed by atoms with Crippen LogP contribution >= 0.6 is 11.3 Å². The largest absolute Gasteiger partial charge is 0.296 e. The third kappa shape index (κ3) is 2.83. The summed E-state index contributed by atoms with van der Waals surface area (Å²) in [5, 5.41) is 16.9. The zero-order valence-electron chi connectivity index (χ0n) is 12.7. The van der Waals surface area contributed by atoms with Gasteiger partial charge in [-0.15, -0.1) is 10.2 Å². The molecule has 7 heteroatoms. The summed E-state index contributed by atoms with van der Waals surface area (Å²) in [6.45, 7) is 8.08. The molecular formula is C14H19N5OS. The molecule has 1 N–H and O–H groups in total. The van der Waals surface area contributed by atoms with Gasteiger partial charge in [0.1, 0.15) is 5.01 Å². The fourth-order valence-corrected chi connectivity index (χ4v) is 3.16. The molecular weight excluding hydrogens is 286 g/mol. The van der Waals surface area contributed by atoms with Crippen LogP contribution in [0.15, 0.2) is 6.20 Å². The normalized spacial score (nSPS) is 15.2. The van der Waals surface area contributed by atoms with Crippen LogP contribution < -0.4 is 5.32 Å². The third-order valence-corrected chi connectivity index (χ3v) is 4.48. The van der Waals surface area contributed by atoms with Crippen molar-refractivity contribution >= 4 is 22.4 Å². The van der Waals surface area contributed by atoms with Crippen molar-refractivity contribution in [1.82, 2.24) is 20.0 Å². The number of carbonyl (C=O) groups excluding carboxylic acids is 1. The first-order valence-corrected chi connectivity index (χ1v) is 7.88. The van der Waals surface area contributed by atoms with Gasteiger partial charge in [-0.2, -0.15) is 5.10 Å². The maximum absolute atomic E-state index is 12.3. The molecule has 0 saturated heterocycles. The summed E-state index contributed by atoms with van der Waals surface area (Å²) >= 11 is 1.46. The van der Waals surface area contributed by atoms with Gasteiger partial charge in [-0.05, 0) is 40.5 Å². The molecule has 0 aliphatic heterocycles. The molecule has 21 heavy (non-hydrogen) atoms. The number of rotatable bonds is 3. The van der Waals surface area contributed by atoms with Gasteiger partial charge in [0.05, 0.1) is 17.3 Å². The summed E-state index contributed by atoms with van der Waals surface area (Å²) < 4.78 is 1.86. The Morgan fingerprint density at radius 1 is 1.38 bits per heavy atom. The Labute approximate surface area is 127 Å². The standard InChI is InChI=1S/C14H19N5OS/c1-8-10(7-15-19(8)14(2,3)4)11(20)16-13-18-17-12(21-13)9-5-6-9/h7,9H,5-6H2,1-4H3,(H,16,18,20). The number of aromatic nitrogens is 4. The van der Waals surface area contributed by atoms with Crippen LogP contribution in [0.5, 0.6) is 0 Å². The van der Waals surface area contributed by atoms with Gasteiger partial charge in [-0.1, -0.05) is 11.3 Å². The van der Waals surface area contributed by atoms with Crippen LogP contribution in [0.25, 0.3) is 0 Å². The Morgan fingerprint density at radius 3 is 2.67 bits per heavy atom. The van der Waals surface area contributed by atoms with Crippen molar-refractivity contribution in [2.75, 3.05) is 5.32 Å². The molecule has 0 radical (unpaired) electrons. The van der Waals surface area contributed by atoms with Gasteiger partial charge in [0, 0.05) is 11.6 Å². The molecule has 3 rings (SSSR count). The number of anilines is 1. The lowest BCUT2D eigenvalue weighted by Gasteiger charge is -2.21. The number of nitrogens with one attached hydrogen (secondary N) is 1. The molecule has 1 amide bonds. The first kappa shape index (κ1) is 14.2. The van der Waals surface area contributed by atoms with Gasteiger partial charge < -0.3 is 0 Å². The minimum Gasteiger partial charge on any atom is -0.296 e. The van der Waals surface area contributed by atoms with Crippen LogP contribution in [-0.2, 0) is 5.54 Å². The smallest absolute Gasteiger partial charge is 0.260 e. The summed E-state index contributed by atoms with van der Waals surface area (Å²) in [6.07, 6.45) is 3.97. The van der Waals surface area contributed by atoms with Crippen molar-refractivity contribution in [1.29, 1.82) is 0 Å². The van der Waals surface area contributed by atoms with Gasteiger partial charge in [0.2, 0.25) is 5.13 Å². The molecule has 1 fully saturated rings. The number of hydrogen-bond acceptors (Lipinski definition) is 5. The van der Waals surface area contributed by atoms with Crippen molar-refractivity contribution in [3.8, 4) is 0 Å². The SMILES string of the molecule is Cc1c(C(=O)Nc2nnc(C3CC3)s2)cnn1C(C)(C)C. The second-order valence-electron chi connectivity index (χ2n) is 6.40. The number of carbonyl (C=O) groups is 1. The van der Waals surface area contributed by atoms with Gasteiger partial charge >= 0.3 is 0 Å². The van der Waals surface area contributed by atoms with E-state index in [0.717, 1.165) is 10.7 Å². The summed E-state index contributed by atoms with van der Waals surface area (Å²) in [4.78, 5) is 12.3. The van der Waals surface area contributed by atoms with Gasteiger partial charge in [0.25, 0.3) is 5.91 Å². The molecule has 1 saturated carbocycles. The molecule has 0 unspecified atom stereocenters. The topological polar surface area (TPSA) is 72.7 Å². The molecule has 2 heterocycles. The van der Waals surface area contributed by atoms with Crippen molar-refractivity contribution in [2.24, 2.45) is 0 Å². The van der Waals surface area contributed by atoms with Gasteiger partial charge in [-0.3, -0.25) is 14.8 Å². The lowest BCUT2D eigenvalue weighted by Crippen LogP contribution is -2.25. The van der Waals surface area contributed by atoms with E-state index in [1.54, 1.807) is 6.20 Å². The average molecular weight is 305 g/mol. The first-order chi connectivity index (χ1) is 9.86. The summed E-state index contributed by atoms with van der Waals surface area (Å²) in [6, 6.07) is 0. The molecule has 1 aliphatic rings. The molecule has 1 aliphatic carbocycles. The van der Waals surface area contributed by atoms with Crippen LogP contribution in [-0.4, -0.2) is 25.9 Å². The predicted molar refractivity (Wildman–Crippen MR) is 81.8 cm³/mol. The van der Waals surface area contributed by atoms with E-state index in [9.17, 15) is 4.79 Å². The Kier molecular flexibility index (Phi) is 3.32. The fraction of sp³-hybridized carbons (Fsp3) is 0.571. The molecule has 2 aromatic heterocycles. The van der Waals surface area contributed by atoms with Crippen LogP contribution in [0.2, 0.25) is 0 Å². The summed E-state index contributed by atoms with van der Waals surface area (Å²) in [5.41, 5.74) is 1.28. The number of amides is 1. The minimum absolute atomic E-state index is 0.148. The highest BCUT2D eigenvalue weighted by molar-refractivity contribution is 7.15. The van der Waals surface area contributed by atoms with E-state index in [2.05, 4.69) is 41.4 Å².